The normalized spacial score (nSPS) is 23.1. The maximum Gasteiger partial charge on any atom is 0.0595 e. The van der Waals surface area contributed by atoms with Crippen molar-refractivity contribution in [3.63, 3.8) is 0 Å². The van der Waals surface area contributed by atoms with Crippen LogP contribution in [-0.4, -0.2) is 30.1 Å². The first-order valence-electron chi connectivity index (χ1n) is 7.58. The Morgan fingerprint density at radius 2 is 1.90 bits per heavy atom. The van der Waals surface area contributed by atoms with Gasteiger partial charge in [-0.3, -0.25) is 4.90 Å². The minimum absolute atomic E-state index is 0.368. The molecular formula is C16H22Cl2N2. The standard InChI is InChI=1S/C16H22Cl2N2/c17-14-5-4-13(10-15(14)18)11-20-9-3-8-19-16(12-20)6-1-2-7-16/h4-5,10,19H,1-3,6-9,11-12H2. The summed E-state index contributed by atoms with van der Waals surface area (Å²) in [7, 11) is 0. The van der Waals surface area contributed by atoms with E-state index in [1.165, 1.54) is 37.7 Å². The van der Waals surface area contributed by atoms with Crippen molar-refractivity contribution in [2.75, 3.05) is 19.6 Å². The number of hydrogen-bond acceptors (Lipinski definition) is 2. The molecule has 1 spiro atoms. The minimum atomic E-state index is 0.368. The third kappa shape index (κ3) is 3.30. The maximum atomic E-state index is 6.12. The second-order valence-corrected chi connectivity index (χ2v) is 7.04. The van der Waals surface area contributed by atoms with Gasteiger partial charge >= 0.3 is 0 Å². The molecule has 1 heterocycles. The number of benzene rings is 1. The summed E-state index contributed by atoms with van der Waals surface area (Å²) < 4.78 is 0. The van der Waals surface area contributed by atoms with E-state index in [-0.39, 0.29) is 0 Å². The molecule has 110 valence electrons. The van der Waals surface area contributed by atoms with Gasteiger partial charge in [0.1, 0.15) is 0 Å². The van der Waals surface area contributed by atoms with Crippen LogP contribution in [-0.2, 0) is 6.54 Å². The molecule has 2 nitrogen and oxygen atoms in total. The predicted molar refractivity (Wildman–Crippen MR) is 85.6 cm³/mol. The van der Waals surface area contributed by atoms with Crippen LogP contribution in [0.5, 0.6) is 0 Å². The van der Waals surface area contributed by atoms with Crippen molar-refractivity contribution in [2.24, 2.45) is 0 Å². The molecule has 3 rings (SSSR count). The van der Waals surface area contributed by atoms with Crippen LogP contribution in [0.15, 0.2) is 18.2 Å². The van der Waals surface area contributed by atoms with Gasteiger partial charge in [0.05, 0.1) is 10.0 Å². The Bertz CT molecular complexity index is 470. The summed E-state index contributed by atoms with van der Waals surface area (Å²) >= 11 is 12.1. The van der Waals surface area contributed by atoms with Gasteiger partial charge in [-0.15, -0.1) is 0 Å². The highest BCUT2D eigenvalue weighted by Crippen LogP contribution is 2.32. The summed E-state index contributed by atoms with van der Waals surface area (Å²) in [6.45, 7) is 4.44. The molecule has 0 atom stereocenters. The summed E-state index contributed by atoms with van der Waals surface area (Å²) in [6, 6.07) is 6.00. The Balaban J connectivity index is 1.70. The van der Waals surface area contributed by atoms with E-state index < -0.39 is 0 Å². The van der Waals surface area contributed by atoms with Gasteiger partial charge in [0.15, 0.2) is 0 Å². The highest BCUT2D eigenvalue weighted by Gasteiger charge is 2.36. The molecular weight excluding hydrogens is 291 g/mol. The van der Waals surface area contributed by atoms with Crippen molar-refractivity contribution in [3.8, 4) is 0 Å². The number of halogens is 2. The fourth-order valence-corrected chi connectivity index (χ4v) is 3.96. The lowest BCUT2D eigenvalue weighted by atomic mass is 9.97. The molecule has 1 aliphatic heterocycles. The SMILES string of the molecule is Clc1ccc(CN2CCCNC3(CCCC3)C2)cc1Cl. The van der Waals surface area contributed by atoms with Gasteiger partial charge < -0.3 is 5.32 Å². The van der Waals surface area contributed by atoms with Crippen LogP contribution >= 0.6 is 23.2 Å². The number of hydrogen-bond donors (Lipinski definition) is 1. The lowest BCUT2D eigenvalue weighted by Gasteiger charge is -2.33. The Hall–Kier alpha value is -0.280. The summed E-state index contributed by atoms with van der Waals surface area (Å²) in [5.41, 5.74) is 1.63. The van der Waals surface area contributed by atoms with Crippen LogP contribution in [0.2, 0.25) is 10.0 Å². The maximum absolute atomic E-state index is 6.12. The van der Waals surface area contributed by atoms with E-state index in [1.807, 2.05) is 12.1 Å². The van der Waals surface area contributed by atoms with Crippen LogP contribution in [0.4, 0.5) is 0 Å². The van der Waals surface area contributed by atoms with Gasteiger partial charge in [-0.25, -0.2) is 0 Å². The molecule has 4 heteroatoms. The lowest BCUT2D eigenvalue weighted by molar-refractivity contribution is 0.203. The zero-order valence-electron chi connectivity index (χ0n) is 11.8. The quantitative estimate of drug-likeness (QED) is 0.884. The van der Waals surface area contributed by atoms with Crippen LogP contribution in [0, 0.1) is 0 Å². The van der Waals surface area contributed by atoms with Gasteiger partial charge in [-0.05, 0) is 50.0 Å². The molecule has 1 N–H and O–H groups in total. The number of rotatable bonds is 2. The van der Waals surface area contributed by atoms with E-state index in [0.717, 1.165) is 26.2 Å². The highest BCUT2D eigenvalue weighted by molar-refractivity contribution is 6.42. The molecule has 0 radical (unpaired) electrons. The van der Waals surface area contributed by atoms with E-state index in [1.54, 1.807) is 0 Å². The zero-order chi connectivity index (χ0) is 14.0. The zero-order valence-corrected chi connectivity index (χ0v) is 13.3. The molecule has 1 aromatic rings. The summed E-state index contributed by atoms with van der Waals surface area (Å²) in [5.74, 6) is 0. The van der Waals surface area contributed by atoms with Crippen molar-refractivity contribution >= 4 is 23.2 Å². The second kappa shape index (κ2) is 6.23. The van der Waals surface area contributed by atoms with E-state index in [9.17, 15) is 0 Å². The third-order valence-electron chi connectivity index (χ3n) is 4.63. The van der Waals surface area contributed by atoms with Gasteiger partial charge in [0, 0.05) is 18.6 Å². The van der Waals surface area contributed by atoms with E-state index in [2.05, 4.69) is 16.3 Å². The number of nitrogens with one attached hydrogen (secondary N) is 1. The average Bonchev–Trinajstić information content (AvgIpc) is 2.77. The topological polar surface area (TPSA) is 15.3 Å². The molecule has 20 heavy (non-hydrogen) atoms. The monoisotopic (exact) mass is 312 g/mol. The highest BCUT2D eigenvalue weighted by atomic mass is 35.5. The Kier molecular flexibility index (Phi) is 4.56. The summed E-state index contributed by atoms with van der Waals surface area (Å²) in [4.78, 5) is 2.57. The average molecular weight is 313 g/mol. The molecule has 1 aliphatic carbocycles. The fourth-order valence-electron chi connectivity index (χ4n) is 3.64. The summed E-state index contributed by atoms with van der Waals surface area (Å²) in [6.07, 6.45) is 6.61. The fraction of sp³-hybridized carbons (Fsp3) is 0.625. The van der Waals surface area contributed by atoms with Crippen molar-refractivity contribution < 1.29 is 0 Å². The van der Waals surface area contributed by atoms with Gasteiger partial charge in [0.2, 0.25) is 0 Å². The third-order valence-corrected chi connectivity index (χ3v) is 5.37. The van der Waals surface area contributed by atoms with Gasteiger partial charge in [0.25, 0.3) is 0 Å². The molecule has 0 aromatic heterocycles. The van der Waals surface area contributed by atoms with Crippen LogP contribution in [0.1, 0.15) is 37.7 Å². The van der Waals surface area contributed by atoms with Crippen molar-refractivity contribution in [3.05, 3.63) is 33.8 Å². The summed E-state index contributed by atoms with van der Waals surface area (Å²) in [5, 5.41) is 5.10. The minimum Gasteiger partial charge on any atom is -0.310 e. The largest absolute Gasteiger partial charge is 0.310 e. The molecule has 0 amide bonds. The first kappa shape index (κ1) is 14.6. The molecule has 1 saturated carbocycles. The van der Waals surface area contributed by atoms with E-state index in [4.69, 9.17) is 23.2 Å². The molecule has 2 fully saturated rings. The van der Waals surface area contributed by atoms with Gasteiger partial charge in [-0.2, -0.15) is 0 Å². The predicted octanol–water partition coefficient (Wildman–Crippen LogP) is 4.10. The van der Waals surface area contributed by atoms with Crippen molar-refractivity contribution in [1.29, 1.82) is 0 Å². The van der Waals surface area contributed by atoms with Crippen LogP contribution in [0.3, 0.4) is 0 Å². The molecule has 0 bridgehead atoms. The molecule has 1 aromatic carbocycles. The van der Waals surface area contributed by atoms with Crippen molar-refractivity contribution in [1.82, 2.24) is 10.2 Å². The Morgan fingerprint density at radius 3 is 2.65 bits per heavy atom. The van der Waals surface area contributed by atoms with E-state index >= 15 is 0 Å². The Morgan fingerprint density at radius 1 is 1.10 bits per heavy atom. The smallest absolute Gasteiger partial charge is 0.0595 e. The molecule has 0 unspecified atom stereocenters. The van der Waals surface area contributed by atoms with Crippen molar-refractivity contribution in [2.45, 2.75) is 44.2 Å². The van der Waals surface area contributed by atoms with E-state index in [0.29, 0.717) is 15.6 Å². The lowest BCUT2D eigenvalue weighted by Crippen LogP contribution is -2.49. The second-order valence-electron chi connectivity index (χ2n) is 6.23. The van der Waals surface area contributed by atoms with Gasteiger partial charge in [-0.1, -0.05) is 42.1 Å². The molecule has 1 saturated heterocycles. The first-order valence-corrected chi connectivity index (χ1v) is 8.34. The first-order chi connectivity index (χ1) is 9.67. The van der Waals surface area contributed by atoms with Crippen LogP contribution in [0.25, 0.3) is 0 Å². The molecule has 2 aliphatic rings. The Labute approximate surface area is 131 Å². The number of nitrogens with zero attached hydrogens (tertiary/aromatic N) is 1. The van der Waals surface area contributed by atoms with Crippen LogP contribution < -0.4 is 5.32 Å².